The highest BCUT2D eigenvalue weighted by molar-refractivity contribution is 5.95. The lowest BCUT2D eigenvalue weighted by Gasteiger charge is -2.26. The van der Waals surface area contributed by atoms with Crippen molar-refractivity contribution in [3.63, 3.8) is 0 Å². The highest BCUT2D eigenvalue weighted by Gasteiger charge is 2.14. The summed E-state index contributed by atoms with van der Waals surface area (Å²) in [6, 6.07) is 20.1. The number of anilines is 4. The van der Waals surface area contributed by atoms with Crippen LogP contribution < -0.4 is 20.9 Å². The van der Waals surface area contributed by atoms with E-state index in [4.69, 9.17) is 9.72 Å². The average Bonchev–Trinajstić information content (AvgIpc) is 2.90. The number of rotatable bonds is 10. The van der Waals surface area contributed by atoms with E-state index in [2.05, 4.69) is 52.6 Å². The predicted octanol–water partition coefficient (Wildman–Crippen LogP) is 6.82. The molecule has 0 saturated carbocycles. The lowest BCUT2D eigenvalue weighted by Crippen LogP contribution is -2.29. The van der Waals surface area contributed by atoms with Crippen molar-refractivity contribution >= 4 is 33.8 Å². The monoisotopic (exact) mass is 511 g/mol. The first-order valence-electron chi connectivity index (χ1n) is 13.6. The normalized spacial score (nSPS) is 14.1. The molecule has 4 aromatic rings. The number of hydrogen-bond acceptors (Lipinski definition) is 6. The fourth-order valence-electron chi connectivity index (χ4n) is 4.87. The molecule has 1 saturated heterocycles. The van der Waals surface area contributed by atoms with E-state index in [1.54, 1.807) is 6.20 Å². The van der Waals surface area contributed by atoms with E-state index >= 15 is 0 Å². The Morgan fingerprint density at radius 1 is 1.00 bits per heavy atom. The van der Waals surface area contributed by atoms with Crippen LogP contribution in [0.3, 0.4) is 0 Å². The summed E-state index contributed by atoms with van der Waals surface area (Å²) < 4.78 is 6.07. The summed E-state index contributed by atoms with van der Waals surface area (Å²) in [4.78, 5) is 23.0. The molecule has 0 radical (unpaired) electrons. The van der Waals surface area contributed by atoms with E-state index in [-0.39, 0.29) is 5.56 Å². The zero-order valence-corrected chi connectivity index (χ0v) is 22.3. The first-order chi connectivity index (χ1) is 18.5. The molecule has 0 unspecified atom stereocenters. The van der Waals surface area contributed by atoms with Gasteiger partial charge in [0.2, 0.25) is 0 Å². The van der Waals surface area contributed by atoms with E-state index in [9.17, 15) is 4.79 Å². The first kappa shape index (κ1) is 25.8. The Hall–Kier alpha value is -3.84. The minimum absolute atomic E-state index is 0.189. The Labute approximate surface area is 224 Å². The molecular weight excluding hydrogens is 474 g/mol. The summed E-state index contributed by atoms with van der Waals surface area (Å²) in [5.41, 5.74) is 2.83. The van der Waals surface area contributed by atoms with Gasteiger partial charge in [0.1, 0.15) is 17.4 Å². The van der Waals surface area contributed by atoms with Crippen LogP contribution in [0.2, 0.25) is 0 Å². The van der Waals surface area contributed by atoms with Gasteiger partial charge in [-0.15, -0.1) is 0 Å². The van der Waals surface area contributed by atoms with Crippen LogP contribution in [0.15, 0.2) is 71.7 Å². The number of pyridine rings is 2. The summed E-state index contributed by atoms with van der Waals surface area (Å²) in [5.74, 6) is 2.44. The van der Waals surface area contributed by atoms with Gasteiger partial charge in [0, 0.05) is 18.4 Å². The van der Waals surface area contributed by atoms with Crippen molar-refractivity contribution in [2.24, 2.45) is 5.92 Å². The van der Waals surface area contributed by atoms with Gasteiger partial charge in [0.05, 0.1) is 17.7 Å². The van der Waals surface area contributed by atoms with E-state index in [0.717, 1.165) is 48.6 Å². The number of benzene rings is 2. The second kappa shape index (κ2) is 12.1. The second-order valence-corrected chi connectivity index (χ2v) is 10.4. The maximum absolute atomic E-state index is 12.8. The van der Waals surface area contributed by atoms with Crippen molar-refractivity contribution < 1.29 is 4.74 Å². The summed E-state index contributed by atoms with van der Waals surface area (Å²) in [7, 11) is 0. The number of likely N-dealkylation sites (tertiary alicyclic amines) is 1. The largest absolute Gasteiger partial charge is 0.491 e. The molecule has 5 rings (SSSR count). The fraction of sp³-hybridized carbons (Fsp3) is 0.355. The van der Waals surface area contributed by atoms with Crippen LogP contribution in [-0.4, -0.2) is 34.6 Å². The van der Waals surface area contributed by atoms with E-state index in [1.165, 1.54) is 24.8 Å². The van der Waals surface area contributed by atoms with Crippen molar-refractivity contribution in [2.75, 3.05) is 30.3 Å². The number of aromatic amines is 1. The molecule has 1 fully saturated rings. The molecular formula is C31H37N5O2. The minimum Gasteiger partial charge on any atom is -0.491 e. The van der Waals surface area contributed by atoms with Crippen LogP contribution in [0.4, 0.5) is 23.0 Å². The van der Waals surface area contributed by atoms with Gasteiger partial charge in [-0.1, -0.05) is 44.5 Å². The number of piperidine rings is 1. The van der Waals surface area contributed by atoms with Crippen molar-refractivity contribution in [3.8, 4) is 5.75 Å². The van der Waals surface area contributed by atoms with Gasteiger partial charge in [-0.3, -0.25) is 9.69 Å². The van der Waals surface area contributed by atoms with Crippen LogP contribution in [-0.2, 0) is 6.54 Å². The van der Waals surface area contributed by atoms with Crippen LogP contribution >= 0.6 is 0 Å². The highest BCUT2D eigenvalue weighted by atomic mass is 16.5. The molecule has 3 N–H and O–H groups in total. The van der Waals surface area contributed by atoms with E-state index < -0.39 is 0 Å². The van der Waals surface area contributed by atoms with Crippen LogP contribution in [0.25, 0.3) is 10.8 Å². The molecule has 0 bridgehead atoms. The average molecular weight is 512 g/mol. The summed E-state index contributed by atoms with van der Waals surface area (Å²) >= 11 is 0. The summed E-state index contributed by atoms with van der Waals surface area (Å²) in [5, 5.41) is 8.16. The number of ether oxygens (including phenoxy) is 1. The molecule has 0 spiro atoms. The van der Waals surface area contributed by atoms with Crippen LogP contribution in [0.5, 0.6) is 5.75 Å². The van der Waals surface area contributed by atoms with E-state index in [0.29, 0.717) is 29.5 Å². The summed E-state index contributed by atoms with van der Waals surface area (Å²) in [6.07, 6.45) is 6.52. The molecule has 7 nitrogen and oxygen atoms in total. The van der Waals surface area contributed by atoms with Crippen molar-refractivity contribution in [2.45, 2.75) is 46.1 Å². The van der Waals surface area contributed by atoms with E-state index in [1.807, 2.05) is 42.5 Å². The number of aromatic nitrogens is 2. The number of para-hydroxylation sites is 2. The first-order valence-corrected chi connectivity index (χ1v) is 13.6. The minimum atomic E-state index is -0.189. The predicted molar refractivity (Wildman–Crippen MR) is 156 cm³/mol. The molecule has 198 valence electrons. The van der Waals surface area contributed by atoms with Gasteiger partial charge in [-0.05, 0) is 85.6 Å². The Morgan fingerprint density at radius 3 is 2.68 bits per heavy atom. The highest BCUT2D eigenvalue weighted by Crippen LogP contribution is 2.31. The molecule has 0 atom stereocenters. The molecule has 2 aromatic heterocycles. The maximum atomic E-state index is 12.8. The Balaban J connectivity index is 1.42. The van der Waals surface area contributed by atoms with Gasteiger partial charge in [-0.2, -0.15) is 0 Å². The lowest BCUT2D eigenvalue weighted by atomic mass is 10.1. The SMILES string of the molecule is CC(C)CCOc1ccccc1Nc1nc(Nc2cccc(CN3CCCCC3)c2)cc2cc[nH]c(=O)c12. The van der Waals surface area contributed by atoms with Crippen LogP contribution in [0.1, 0.15) is 45.1 Å². The summed E-state index contributed by atoms with van der Waals surface area (Å²) in [6.45, 7) is 8.26. The van der Waals surface area contributed by atoms with Crippen LogP contribution in [0, 0.1) is 5.92 Å². The second-order valence-electron chi connectivity index (χ2n) is 10.4. The Kier molecular flexibility index (Phi) is 8.24. The number of nitrogens with zero attached hydrogens (tertiary/aromatic N) is 2. The molecule has 7 heteroatoms. The zero-order valence-electron chi connectivity index (χ0n) is 22.3. The molecule has 1 aliphatic rings. The number of H-pyrrole nitrogens is 1. The number of fused-ring (bicyclic) bond motifs is 1. The Morgan fingerprint density at radius 2 is 1.84 bits per heavy atom. The molecule has 0 aliphatic carbocycles. The number of hydrogen-bond donors (Lipinski definition) is 3. The third kappa shape index (κ3) is 6.53. The molecule has 38 heavy (non-hydrogen) atoms. The third-order valence-electron chi connectivity index (χ3n) is 6.90. The maximum Gasteiger partial charge on any atom is 0.259 e. The van der Waals surface area contributed by atoms with Crippen molar-refractivity contribution in [1.29, 1.82) is 0 Å². The molecule has 2 aromatic carbocycles. The van der Waals surface area contributed by atoms with Gasteiger partial charge in [-0.25, -0.2) is 4.98 Å². The Bertz CT molecular complexity index is 1430. The third-order valence-corrected chi connectivity index (χ3v) is 6.90. The van der Waals surface area contributed by atoms with Gasteiger partial charge in [0.25, 0.3) is 5.56 Å². The fourth-order valence-corrected chi connectivity index (χ4v) is 4.87. The topological polar surface area (TPSA) is 82.3 Å². The lowest BCUT2D eigenvalue weighted by molar-refractivity contribution is 0.221. The van der Waals surface area contributed by atoms with Crippen molar-refractivity contribution in [1.82, 2.24) is 14.9 Å². The van der Waals surface area contributed by atoms with Gasteiger partial charge >= 0.3 is 0 Å². The molecule has 3 heterocycles. The standard InChI is InChI=1S/C31H37N5O2/c1-22(2)14-18-38-27-12-5-4-11-26(27)34-30-29-24(13-15-32-31(29)37)20-28(35-30)33-25-10-8-9-23(19-25)21-36-16-6-3-7-17-36/h4-5,8-13,15,19-20,22H,3,6-7,14,16-18,21H2,1-2H3,(H,32,37)(H2,33,34,35). The van der Waals surface area contributed by atoms with Crippen molar-refractivity contribution in [3.05, 3.63) is 82.8 Å². The number of nitrogens with one attached hydrogen (secondary N) is 3. The molecule has 1 aliphatic heterocycles. The van der Waals surface area contributed by atoms with Gasteiger partial charge < -0.3 is 20.4 Å². The smallest absolute Gasteiger partial charge is 0.259 e. The molecule has 0 amide bonds. The zero-order chi connectivity index (χ0) is 26.3. The van der Waals surface area contributed by atoms with Gasteiger partial charge in [0.15, 0.2) is 0 Å². The quantitative estimate of drug-likeness (QED) is 0.217.